The number of hydrogen-bond donors (Lipinski definition) is 1. The summed E-state index contributed by atoms with van der Waals surface area (Å²) >= 11 is 0. The highest BCUT2D eigenvalue weighted by molar-refractivity contribution is 5.73. The zero-order valence-electron chi connectivity index (χ0n) is 26.7. The molecule has 6 aliphatic rings. The van der Waals surface area contributed by atoms with Crippen LogP contribution in [0.2, 0.25) is 0 Å². The Morgan fingerprint density at radius 2 is 1.70 bits per heavy atom. The second kappa shape index (κ2) is 11.4. The predicted molar refractivity (Wildman–Crippen MR) is 167 cm³/mol. The summed E-state index contributed by atoms with van der Waals surface area (Å²) in [5.41, 5.74) is 12.4. The van der Waals surface area contributed by atoms with Crippen LogP contribution in [0.5, 0.6) is 0 Å². The lowest BCUT2D eigenvalue weighted by atomic mass is 9.38. The minimum atomic E-state index is 0.000379. The Balaban J connectivity index is 0.000000758. The van der Waals surface area contributed by atoms with Gasteiger partial charge in [-0.05, 0) is 155 Å². The summed E-state index contributed by atoms with van der Waals surface area (Å²) in [5, 5.41) is 0. The molecule has 0 spiro atoms. The van der Waals surface area contributed by atoms with Crippen LogP contribution in [0.4, 0.5) is 0 Å². The van der Waals surface area contributed by atoms with E-state index in [0.717, 1.165) is 48.9 Å². The van der Waals surface area contributed by atoms with Crippen LogP contribution in [-0.4, -0.2) is 18.1 Å². The SMILES string of the molecule is C=C(C)C.CCOC(=O)C1CC=C(C2=CCC3(C)C(CCC4(C)C5CCC6(N)CCC[C@@H]6C5CCC34)C2C)CC1. The van der Waals surface area contributed by atoms with E-state index < -0.39 is 0 Å². The van der Waals surface area contributed by atoms with Gasteiger partial charge in [0.25, 0.3) is 0 Å². The standard InChI is InChI=1S/C33H51NO2.C4H8/c1-5-36-30(35)23-10-8-22(9-11-23)24-14-18-31(3)26(21(24)2)15-19-32(4)27-16-20-33(34)17-6-7-28(33)25(27)12-13-29(31)32;1-4(2)3/h8,14,21,23,25-29H,5-7,9-13,15-20,34H2,1-4H3;1H2,2-3H3/t21?,23?,25?,26?,27?,28-,29?,31?,32?,33?;/m1./s1. The van der Waals surface area contributed by atoms with Crippen LogP contribution in [0.1, 0.15) is 125 Å². The maximum Gasteiger partial charge on any atom is 0.309 e. The summed E-state index contributed by atoms with van der Waals surface area (Å²) in [6.45, 7) is 17.8. The van der Waals surface area contributed by atoms with Gasteiger partial charge in [-0.3, -0.25) is 4.79 Å². The number of ether oxygens (including phenoxy) is 1. The third-order valence-electron chi connectivity index (χ3n) is 13.2. The van der Waals surface area contributed by atoms with Gasteiger partial charge in [0.15, 0.2) is 0 Å². The number of carbonyl (C=O) groups is 1. The van der Waals surface area contributed by atoms with E-state index in [1.807, 2.05) is 20.8 Å². The van der Waals surface area contributed by atoms with E-state index in [4.69, 9.17) is 10.5 Å². The molecule has 40 heavy (non-hydrogen) atoms. The fourth-order valence-corrected chi connectivity index (χ4v) is 11.5. The van der Waals surface area contributed by atoms with Gasteiger partial charge < -0.3 is 10.5 Å². The highest BCUT2D eigenvalue weighted by atomic mass is 16.5. The number of nitrogens with two attached hydrogens (primary N) is 1. The molecular formula is C37H59NO2. The molecule has 0 amide bonds. The Kier molecular flexibility index (Phi) is 8.57. The molecular weight excluding hydrogens is 490 g/mol. The van der Waals surface area contributed by atoms with Crippen molar-refractivity contribution in [1.82, 2.24) is 0 Å². The Morgan fingerprint density at radius 3 is 2.38 bits per heavy atom. The fourth-order valence-electron chi connectivity index (χ4n) is 11.5. The molecule has 10 atom stereocenters. The monoisotopic (exact) mass is 549 g/mol. The number of rotatable bonds is 3. The number of allylic oxidation sites excluding steroid dienone is 5. The van der Waals surface area contributed by atoms with Gasteiger partial charge in [-0.25, -0.2) is 0 Å². The number of hydrogen-bond acceptors (Lipinski definition) is 3. The Hall–Kier alpha value is -1.35. The first-order valence-corrected chi connectivity index (χ1v) is 16.9. The van der Waals surface area contributed by atoms with E-state index in [1.165, 1.54) is 75.4 Å². The number of esters is 1. The first-order chi connectivity index (χ1) is 18.9. The first kappa shape index (κ1) is 30.1. The molecule has 0 saturated heterocycles. The molecule has 2 N–H and O–H groups in total. The van der Waals surface area contributed by atoms with E-state index in [1.54, 1.807) is 5.57 Å². The van der Waals surface area contributed by atoms with Gasteiger partial charge in [0, 0.05) is 5.54 Å². The van der Waals surface area contributed by atoms with Crippen molar-refractivity contribution in [2.45, 2.75) is 131 Å². The van der Waals surface area contributed by atoms with Crippen molar-refractivity contribution in [3.8, 4) is 0 Å². The second-order valence-corrected chi connectivity index (χ2v) is 15.6. The van der Waals surface area contributed by atoms with Gasteiger partial charge in [-0.2, -0.15) is 0 Å². The summed E-state index contributed by atoms with van der Waals surface area (Å²) in [5.74, 6) is 4.93. The van der Waals surface area contributed by atoms with E-state index in [0.29, 0.717) is 23.4 Å². The molecule has 0 aromatic carbocycles. The van der Waals surface area contributed by atoms with Crippen molar-refractivity contribution in [1.29, 1.82) is 0 Å². The molecule has 4 fully saturated rings. The lowest BCUT2D eigenvalue weighted by Gasteiger charge is -2.67. The molecule has 0 aromatic rings. The summed E-state index contributed by atoms with van der Waals surface area (Å²) in [7, 11) is 0. The zero-order valence-corrected chi connectivity index (χ0v) is 26.7. The largest absolute Gasteiger partial charge is 0.466 e. The summed E-state index contributed by atoms with van der Waals surface area (Å²) in [6, 6.07) is 0. The van der Waals surface area contributed by atoms with E-state index >= 15 is 0 Å². The minimum absolute atomic E-state index is 0.000379. The third kappa shape index (κ3) is 5.09. The fraction of sp³-hybridized carbons (Fsp3) is 0.811. The predicted octanol–water partition coefficient (Wildman–Crippen LogP) is 9.18. The van der Waals surface area contributed by atoms with Gasteiger partial charge in [0.1, 0.15) is 0 Å². The van der Waals surface area contributed by atoms with Crippen LogP contribution >= 0.6 is 0 Å². The molecule has 4 saturated carbocycles. The topological polar surface area (TPSA) is 52.3 Å². The van der Waals surface area contributed by atoms with Gasteiger partial charge >= 0.3 is 5.97 Å². The van der Waals surface area contributed by atoms with E-state index in [2.05, 4.69) is 39.5 Å². The molecule has 0 heterocycles. The quantitative estimate of drug-likeness (QED) is 0.282. The summed E-state index contributed by atoms with van der Waals surface area (Å²) in [6.07, 6.45) is 21.5. The van der Waals surface area contributed by atoms with Crippen LogP contribution < -0.4 is 5.73 Å². The smallest absolute Gasteiger partial charge is 0.309 e. The molecule has 6 aliphatic carbocycles. The lowest BCUT2D eigenvalue weighted by molar-refractivity contribution is -0.164. The molecule has 0 radical (unpaired) electrons. The van der Waals surface area contributed by atoms with E-state index in [9.17, 15) is 4.79 Å². The molecule has 6 rings (SSSR count). The van der Waals surface area contributed by atoms with Crippen molar-refractivity contribution >= 4 is 5.97 Å². The van der Waals surface area contributed by atoms with Crippen molar-refractivity contribution in [3.05, 3.63) is 35.5 Å². The van der Waals surface area contributed by atoms with Crippen LogP contribution in [0.15, 0.2) is 35.5 Å². The Morgan fingerprint density at radius 1 is 0.975 bits per heavy atom. The maximum absolute atomic E-state index is 12.2. The summed E-state index contributed by atoms with van der Waals surface area (Å²) < 4.78 is 5.30. The third-order valence-corrected chi connectivity index (χ3v) is 13.2. The summed E-state index contributed by atoms with van der Waals surface area (Å²) in [4.78, 5) is 12.2. The average molecular weight is 550 g/mol. The molecule has 0 aliphatic heterocycles. The minimum Gasteiger partial charge on any atom is -0.466 e. The van der Waals surface area contributed by atoms with Gasteiger partial charge in [0.05, 0.1) is 12.5 Å². The van der Waals surface area contributed by atoms with Crippen molar-refractivity contribution in [3.63, 3.8) is 0 Å². The maximum atomic E-state index is 12.2. The highest BCUT2D eigenvalue weighted by Gasteiger charge is 2.63. The normalized spacial score (nSPS) is 45.7. The van der Waals surface area contributed by atoms with Gasteiger partial charge in [-0.1, -0.05) is 44.9 Å². The van der Waals surface area contributed by atoms with Crippen LogP contribution in [0.25, 0.3) is 0 Å². The van der Waals surface area contributed by atoms with Gasteiger partial charge in [0.2, 0.25) is 0 Å². The zero-order chi connectivity index (χ0) is 28.9. The highest BCUT2D eigenvalue weighted by Crippen LogP contribution is 2.70. The average Bonchev–Trinajstić information content (AvgIpc) is 3.30. The van der Waals surface area contributed by atoms with Crippen LogP contribution in [0.3, 0.4) is 0 Å². The second-order valence-electron chi connectivity index (χ2n) is 15.6. The molecule has 3 nitrogen and oxygen atoms in total. The van der Waals surface area contributed by atoms with E-state index in [-0.39, 0.29) is 17.4 Å². The Labute approximate surface area is 245 Å². The first-order valence-electron chi connectivity index (χ1n) is 16.9. The van der Waals surface area contributed by atoms with Crippen LogP contribution in [-0.2, 0) is 9.53 Å². The molecule has 9 unspecified atom stereocenters. The molecule has 0 aromatic heterocycles. The molecule has 0 bridgehead atoms. The van der Waals surface area contributed by atoms with Gasteiger partial charge in [-0.15, -0.1) is 6.58 Å². The van der Waals surface area contributed by atoms with Crippen molar-refractivity contribution < 1.29 is 9.53 Å². The Bertz CT molecular complexity index is 1040. The van der Waals surface area contributed by atoms with Crippen molar-refractivity contribution in [2.75, 3.05) is 6.61 Å². The molecule has 224 valence electrons. The number of carbonyl (C=O) groups excluding carboxylic acids is 1. The van der Waals surface area contributed by atoms with Crippen LogP contribution in [0, 0.1) is 52.3 Å². The van der Waals surface area contributed by atoms with Crippen molar-refractivity contribution in [2.24, 2.45) is 58.0 Å². The lowest BCUT2D eigenvalue weighted by Crippen LogP contribution is -2.62. The number of fused-ring (bicyclic) bond motifs is 7. The molecule has 3 heteroatoms.